The highest BCUT2D eigenvalue weighted by Gasteiger charge is 2.30. The molecule has 0 saturated carbocycles. The van der Waals surface area contributed by atoms with Gasteiger partial charge in [0.2, 0.25) is 5.91 Å². The fourth-order valence-corrected chi connectivity index (χ4v) is 4.91. The lowest BCUT2D eigenvalue weighted by Gasteiger charge is -2.38. The molecule has 6 nitrogen and oxygen atoms in total. The maximum absolute atomic E-state index is 13.3. The number of benzene rings is 2. The summed E-state index contributed by atoms with van der Waals surface area (Å²) < 4.78 is 2.08. The number of fused-ring (bicyclic) bond motifs is 1. The SMILES string of the molecule is Cn1ccnc1CN1CCN(CC(=O)N2Cc3ccccc3C(c3ccccc3)C2)CC1. The van der Waals surface area contributed by atoms with E-state index in [0.717, 1.165) is 45.1 Å². The van der Waals surface area contributed by atoms with Crippen LogP contribution in [0.15, 0.2) is 67.0 Å². The average Bonchev–Trinajstić information content (AvgIpc) is 3.24. The third-order valence-electron chi connectivity index (χ3n) is 6.86. The highest BCUT2D eigenvalue weighted by Crippen LogP contribution is 2.33. The van der Waals surface area contributed by atoms with Crippen LogP contribution in [0.25, 0.3) is 0 Å². The zero-order valence-corrected chi connectivity index (χ0v) is 18.7. The number of carbonyl (C=O) groups excluding carboxylic acids is 1. The van der Waals surface area contributed by atoms with Crippen LogP contribution in [0.1, 0.15) is 28.4 Å². The number of piperazine rings is 1. The van der Waals surface area contributed by atoms with Crippen LogP contribution in [0, 0.1) is 0 Å². The second-order valence-corrected chi connectivity index (χ2v) is 8.94. The van der Waals surface area contributed by atoms with Crippen molar-refractivity contribution in [1.29, 1.82) is 0 Å². The molecular weight excluding hydrogens is 398 g/mol. The summed E-state index contributed by atoms with van der Waals surface area (Å²) in [7, 11) is 2.04. The molecule has 1 fully saturated rings. The van der Waals surface area contributed by atoms with Crippen molar-refractivity contribution in [1.82, 2.24) is 24.3 Å². The fraction of sp³-hybridized carbons (Fsp3) is 0.385. The summed E-state index contributed by atoms with van der Waals surface area (Å²) in [6.45, 7) is 6.60. The Hall–Kier alpha value is -2.96. The van der Waals surface area contributed by atoms with Crippen molar-refractivity contribution in [2.45, 2.75) is 19.0 Å². The van der Waals surface area contributed by atoms with Crippen LogP contribution in [-0.2, 0) is 24.9 Å². The molecule has 1 amide bonds. The summed E-state index contributed by atoms with van der Waals surface area (Å²) >= 11 is 0. The van der Waals surface area contributed by atoms with Gasteiger partial charge in [0, 0.05) is 64.6 Å². The fourth-order valence-electron chi connectivity index (χ4n) is 4.91. The quantitative estimate of drug-likeness (QED) is 0.626. The lowest BCUT2D eigenvalue weighted by Crippen LogP contribution is -2.50. The van der Waals surface area contributed by atoms with Gasteiger partial charge >= 0.3 is 0 Å². The molecule has 1 unspecified atom stereocenters. The van der Waals surface area contributed by atoms with Crippen molar-refractivity contribution in [2.24, 2.45) is 7.05 Å². The van der Waals surface area contributed by atoms with Gasteiger partial charge in [0.1, 0.15) is 5.82 Å². The molecule has 32 heavy (non-hydrogen) atoms. The third-order valence-corrected chi connectivity index (χ3v) is 6.86. The molecule has 0 radical (unpaired) electrons. The molecular formula is C26H31N5O. The van der Waals surface area contributed by atoms with Crippen molar-refractivity contribution >= 4 is 5.91 Å². The molecule has 5 rings (SSSR count). The maximum atomic E-state index is 13.3. The first-order chi connectivity index (χ1) is 15.7. The smallest absolute Gasteiger partial charge is 0.237 e. The van der Waals surface area contributed by atoms with E-state index in [1.54, 1.807) is 0 Å². The van der Waals surface area contributed by atoms with Crippen molar-refractivity contribution in [2.75, 3.05) is 39.3 Å². The number of hydrogen-bond donors (Lipinski definition) is 0. The normalized spacial score (nSPS) is 19.7. The van der Waals surface area contributed by atoms with Gasteiger partial charge in [0.05, 0.1) is 13.1 Å². The van der Waals surface area contributed by atoms with Crippen molar-refractivity contribution in [3.8, 4) is 0 Å². The van der Waals surface area contributed by atoms with E-state index in [1.165, 1.54) is 16.7 Å². The summed E-state index contributed by atoms with van der Waals surface area (Å²) in [6.07, 6.45) is 3.84. The lowest BCUT2D eigenvalue weighted by atomic mass is 9.84. The van der Waals surface area contributed by atoms with Crippen LogP contribution in [0.2, 0.25) is 0 Å². The van der Waals surface area contributed by atoms with Crippen LogP contribution >= 0.6 is 0 Å². The number of imidazole rings is 1. The second kappa shape index (κ2) is 9.27. The van der Waals surface area contributed by atoms with Gasteiger partial charge in [-0.05, 0) is 16.7 Å². The molecule has 1 saturated heterocycles. The number of hydrogen-bond acceptors (Lipinski definition) is 4. The third kappa shape index (κ3) is 4.47. The van der Waals surface area contributed by atoms with E-state index in [9.17, 15) is 4.79 Å². The molecule has 2 aliphatic heterocycles. The zero-order valence-electron chi connectivity index (χ0n) is 18.7. The summed E-state index contributed by atoms with van der Waals surface area (Å²) in [5.74, 6) is 1.56. The number of aromatic nitrogens is 2. The highest BCUT2D eigenvalue weighted by molar-refractivity contribution is 5.79. The molecule has 6 heteroatoms. The molecule has 3 aromatic rings. The van der Waals surface area contributed by atoms with E-state index >= 15 is 0 Å². The molecule has 2 aliphatic rings. The Bertz CT molecular complexity index is 1050. The van der Waals surface area contributed by atoms with Crippen LogP contribution in [0.5, 0.6) is 0 Å². The van der Waals surface area contributed by atoms with Gasteiger partial charge in [-0.2, -0.15) is 0 Å². The van der Waals surface area contributed by atoms with E-state index in [-0.39, 0.29) is 11.8 Å². The zero-order chi connectivity index (χ0) is 21.9. The molecule has 0 aliphatic carbocycles. The molecule has 0 N–H and O–H groups in total. The topological polar surface area (TPSA) is 44.6 Å². The average molecular weight is 430 g/mol. The molecule has 2 aromatic carbocycles. The van der Waals surface area contributed by atoms with Gasteiger partial charge in [-0.15, -0.1) is 0 Å². The summed E-state index contributed by atoms with van der Waals surface area (Å²) in [6, 6.07) is 19.1. The molecule has 0 spiro atoms. The Morgan fingerprint density at radius 2 is 1.69 bits per heavy atom. The summed E-state index contributed by atoms with van der Waals surface area (Å²) in [5.41, 5.74) is 3.90. The first-order valence-corrected chi connectivity index (χ1v) is 11.5. The van der Waals surface area contributed by atoms with Crippen LogP contribution in [-0.4, -0.2) is 69.4 Å². The summed E-state index contributed by atoms with van der Waals surface area (Å²) in [4.78, 5) is 24.5. The molecule has 166 valence electrons. The largest absolute Gasteiger partial charge is 0.337 e. The predicted octanol–water partition coefficient (Wildman–Crippen LogP) is 2.71. The monoisotopic (exact) mass is 429 g/mol. The Kier molecular flexibility index (Phi) is 6.06. The van der Waals surface area contributed by atoms with Crippen molar-refractivity contribution in [3.05, 3.63) is 89.5 Å². The Morgan fingerprint density at radius 1 is 0.969 bits per heavy atom. The minimum atomic E-state index is 0.234. The standard InChI is InChI=1S/C26H31N5O/c1-28-12-11-27-25(28)19-29-13-15-30(16-14-29)20-26(32)31-17-22-9-5-6-10-23(22)24(18-31)21-7-3-2-4-8-21/h2-12,24H,13-20H2,1H3. The number of carbonyl (C=O) groups is 1. The van der Waals surface area contributed by atoms with E-state index in [4.69, 9.17) is 0 Å². The number of aryl methyl sites for hydroxylation is 1. The number of amides is 1. The van der Waals surface area contributed by atoms with Gasteiger partial charge in [0.25, 0.3) is 0 Å². The van der Waals surface area contributed by atoms with Gasteiger partial charge in [-0.3, -0.25) is 14.6 Å². The van der Waals surface area contributed by atoms with Crippen LogP contribution < -0.4 is 0 Å². The summed E-state index contributed by atoms with van der Waals surface area (Å²) in [5, 5.41) is 0. The van der Waals surface area contributed by atoms with E-state index in [1.807, 2.05) is 19.4 Å². The molecule has 3 heterocycles. The molecule has 1 aromatic heterocycles. The van der Waals surface area contributed by atoms with E-state index in [2.05, 4.69) is 78.8 Å². The highest BCUT2D eigenvalue weighted by atomic mass is 16.2. The molecule has 0 bridgehead atoms. The number of rotatable bonds is 5. The lowest BCUT2D eigenvalue weighted by molar-refractivity contribution is -0.134. The second-order valence-electron chi connectivity index (χ2n) is 8.94. The van der Waals surface area contributed by atoms with E-state index < -0.39 is 0 Å². The van der Waals surface area contributed by atoms with Gasteiger partial charge < -0.3 is 9.47 Å². The minimum Gasteiger partial charge on any atom is -0.337 e. The Balaban J connectivity index is 1.21. The van der Waals surface area contributed by atoms with Gasteiger partial charge in [-0.25, -0.2) is 4.98 Å². The Labute approximate surface area is 190 Å². The minimum absolute atomic E-state index is 0.234. The van der Waals surface area contributed by atoms with Crippen LogP contribution in [0.3, 0.4) is 0 Å². The molecule has 1 atom stereocenters. The van der Waals surface area contributed by atoms with Crippen LogP contribution in [0.4, 0.5) is 0 Å². The number of nitrogens with zero attached hydrogens (tertiary/aromatic N) is 5. The Morgan fingerprint density at radius 3 is 2.44 bits per heavy atom. The van der Waals surface area contributed by atoms with E-state index in [0.29, 0.717) is 13.1 Å². The first kappa shape index (κ1) is 20.9. The van der Waals surface area contributed by atoms with Gasteiger partial charge in [0.15, 0.2) is 0 Å². The first-order valence-electron chi connectivity index (χ1n) is 11.5. The van der Waals surface area contributed by atoms with Crippen molar-refractivity contribution in [3.63, 3.8) is 0 Å². The maximum Gasteiger partial charge on any atom is 0.237 e. The predicted molar refractivity (Wildman–Crippen MR) is 125 cm³/mol. The van der Waals surface area contributed by atoms with Gasteiger partial charge in [-0.1, -0.05) is 54.6 Å². The van der Waals surface area contributed by atoms with Crippen molar-refractivity contribution < 1.29 is 4.79 Å².